The van der Waals surface area contributed by atoms with Crippen molar-refractivity contribution in [1.82, 2.24) is 9.97 Å². The van der Waals surface area contributed by atoms with Crippen molar-refractivity contribution in [1.29, 1.82) is 0 Å². The van der Waals surface area contributed by atoms with Gasteiger partial charge in [-0.3, -0.25) is 0 Å². The number of fused-ring (bicyclic) bond motifs is 1. The van der Waals surface area contributed by atoms with Crippen LogP contribution in [0.15, 0.2) is 58.7 Å². The molecule has 0 bridgehead atoms. The molecule has 0 spiro atoms. The van der Waals surface area contributed by atoms with E-state index in [0.717, 1.165) is 20.8 Å². The van der Waals surface area contributed by atoms with E-state index in [1.807, 2.05) is 49.4 Å². The van der Waals surface area contributed by atoms with Crippen molar-refractivity contribution in [3.63, 3.8) is 0 Å². The highest BCUT2D eigenvalue weighted by atomic mass is 32.2. The number of hydrogen-bond acceptors (Lipinski definition) is 5. The minimum absolute atomic E-state index is 0.592. The van der Waals surface area contributed by atoms with Crippen LogP contribution in [0.3, 0.4) is 0 Å². The smallest absolute Gasteiger partial charge is 0.143 e. The second-order valence-electron chi connectivity index (χ2n) is 4.43. The maximum absolute atomic E-state index is 5.90. The summed E-state index contributed by atoms with van der Waals surface area (Å²) in [6.07, 6.45) is 1.59. The van der Waals surface area contributed by atoms with Crippen LogP contribution in [0.25, 0.3) is 10.9 Å². The Morgan fingerprint density at radius 3 is 2.86 bits per heavy atom. The van der Waals surface area contributed by atoms with E-state index in [1.54, 1.807) is 18.1 Å². The number of nitrogens with zero attached hydrogens (tertiary/aromatic N) is 2. The number of aromatic nitrogens is 2. The van der Waals surface area contributed by atoms with Crippen molar-refractivity contribution in [2.45, 2.75) is 16.8 Å². The molecule has 3 rings (SSSR count). The van der Waals surface area contributed by atoms with E-state index in [-0.39, 0.29) is 0 Å². The van der Waals surface area contributed by atoms with E-state index in [9.17, 15) is 0 Å². The summed E-state index contributed by atoms with van der Waals surface area (Å²) >= 11 is 1.58. The summed E-state index contributed by atoms with van der Waals surface area (Å²) in [4.78, 5) is 9.69. The summed E-state index contributed by atoms with van der Waals surface area (Å²) in [5, 5.41) is 1.97. The lowest BCUT2D eigenvalue weighted by Crippen LogP contribution is -1.96. The van der Waals surface area contributed by atoms with E-state index in [4.69, 9.17) is 10.5 Å². The minimum Gasteiger partial charge on any atom is -0.492 e. The van der Waals surface area contributed by atoms with Gasteiger partial charge in [-0.1, -0.05) is 30.0 Å². The molecule has 2 aromatic carbocycles. The molecule has 1 heterocycles. The topological polar surface area (TPSA) is 61.0 Å². The van der Waals surface area contributed by atoms with E-state index in [0.29, 0.717) is 18.0 Å². The van der Waals surface area contributed by atoms with Crippen LogP contribution in [0.2, 0.25) is 0 Å². The van der Waals surface area contributed by atoms with Gasteiger partial charge in [0.2, 0.25) is 0 Å². The van der Waals surface area contributed by atoms with E-state index in [1.165, 1.54) is 0 Å². The Labute approximate surface area is 127 Å². The molecule has 0 fully saturated rings. The summed E-state index contributed by atoms with van der Waals surface area (Å²) in [7, 11) is 0. The molecule has 0 saturated heterocycles. The average Bonchev–Trinajstić information content (AvgIpc) is 2.51. The first kappa shape index (κ1) is 13.7. The van der Waals surface area contributed by atoms with Gasteiger partial charge in [-0.05, 0) is 31.2 Å². The van der Waals surface area contributed by atoms with Gasteiger partial charge in [-0.15, -0.1) is 0 Å². The van der Waals surface area contributed by atoms with Crippen LogP contribution in [0.4, 0.5) is 5.69 Å². The maximum atomic E-state index is 5.90. The van der Waals surface area contributed by atoms with Gasteiger partial charge < -0.3 is 10.5 Å². The molecule has 0 aliphatic heterocycles. The molecule has 0 atom stereocenters. The lowest BCUT2D eigenvalue weighted by Gasteiger charge is -2.09. The Balaban J connectivity index is 1.97. The lowest BCUT2D eigenvalue weighted by atomic mass is 10.2. The highest BCUT2D eigenvalue weighted by Crippen LogP contribution is 2.34. The highest BCUT2D eigenvalue weighted by Gasteiger charge is 2.07. The third kappa shape index (κ3) is 2.92. The zero-order valence-electron chi connectivity index (χ0n) is 11.6. The monoisotopic (exact) mass is 297 g/mol. The van der Waals surface area contributed by atoms with Gasteiger partial charge in [-0.25, -0.2) is 9.97 Å². The predicted molar refractivity (Wildman–Crippen MR) is 85.7 cm³/mol. The Hall–Kier alpha value is -2.27. The second-order valence-corrected chi connectivity index (χ2v) is 5.49. The Bertz CT molecular complexity index is 771. The molecule has 106 valence electrons. The normalized spacial score (nSPS) is 10.7. The summed E-state index contributed by atoms with van der Waals surface area (Å²) in [6, 6.07) is 13.7. The van der Waals surface area contributed by atoms with Crippen LogP contribution in [0.5, 0.6) is 5.75 Å². The summed E-state index contributed by atoms with van der Waals surface area (Å²) in [5.41, 5.74) is 7.49. The molecule has 5 heteroatoms. The van der Waals surface area contributed by atoms with Crippen LogP contribution >= 0.6 is 11.8 Å². The summed E-state index contributed by atoms with van der Waals surface area (Å²) in [5.74, 6) is 0.709. The first-order valence-corrected chi connectivity index (χ1v) is 7.49. The first-order valence-electron chi connectivity index (χ1n) is 6.68. The van der Waals surface area contributed by atoms with Crippen molar-refractivity contribution in [2.75, 3.05) is 12.3 Å². The van der Waals surface area contributed by atoms with Gasteiger partial charge in [0.25, 0.3) is 0 Å². The van der Waals surface area contributed by atoms with Crippen LogP contribution in [-0.4, -0.2) is 16.6 Å². The fourth-order valence-electron chi connectivity index (χ4n) is 2.03. The zero-order chi connectivity index (χ0) is 14.7. The fourth-order valence-corrected chi connectivity index (χ4v) is 2.94. The molecule has 0 aliphatic rings. The molecule has 4 nitrogen and oxygen atoms in total. The van der Waals surface area contributed by atoms with Crippen LogP contribution < -0.4 is 10.5 Å². The predicted octanol–water partition coefficient (Wildman–Crippen LogP) is 3.76. The largest absolute Gasteiger partial charge is 0.492 e. The molecule has 0 radical (unpaired) electrons. The molecule has 1 aromatic heterocycles. The molecular weight excluding hydrogens is 282 g/mol. The van der Waals surface area contributed by atoms with E-state index in [2.05, 4.69) is 9.97 Å². The third-order valence-corrected chi connectivity index (χ3v) is 4.01. The van der Waals surface area contributed by atoms with Crippen molar-refractivity contribution < 1.29 is 4.74 Å². The summed E-state index contributed by atoms with van der Waals surface area (Å²) < 4.78 is 5.53. The first-order chi connectivity index (χ1) is 10.3. The number of nitrogen functional groups attached to an aromatic ring is 1. The van der Waals surface area contributed by atoms with Gasteiger partial charge in [0.15, 0.2) is 0 Å². The van der Waals surface area contributed by atoms with Crippen molar-refractivity contribution in [2.24, 2.45) is 0 Å². The molecular formula is C16H15N3OS. The number of ether oxygens (including phenoxy) is 1. The molecule has 3 aromatic rings. The van der Waals surface area contributed by atoms with E-state index >= 15 is 0 Å². The third-order valence-electron chi connectivity index (χ3n) is 3.01. The summed E-state index contributed by atoms with van der Waals surface area (Å²) in [6.45, 7) is 2.53. The maximum Gasteiger partial charge on any atom is 0.143 e. The number of benzene rings is 2. The lowest BCUT2D eigenvalue weighted by molar-refractivity contribution is 0.341. The Kier molecular flexibility index (Phi) is 3.92. The number of rotatable bonds is 4. The second kappa shape index (κ2) is 6.01. The van der Waals surface area contributed by atoms with Gasteiger partial charge in [0.05, 0.1) is 17.8 Å². The fraction of sp³-hybridized carbons (Fsp3) is 0.125. The molecule has 2 N–H and O–H groups in total. The SMILES string of the molecule is CCOc1cc(Sc2ncnc3ccccc23)ccc1N. The number of para-hydroxylation sites is 1. The Morgan fingerprint density at radius 2 is 2.00 bits per heavy atom. The highest BCUT2D eigenvalue weighted by molar-refractivity contribution is 7.99. The van der Waals surface area contributed by atoms with Gasteiger partial charge in [0.1, 0.15) is 17.1 Å². The quantitative estimate of drug-likeness (QED) is 0.587. The Morgan fingerprint density at radius 1 is 1.14 bits per heavy atom. The standard InChI is InChI=1S/C16H15N3OS/c1-2-20-15-9-11(7-8-13(15)17)21-16-12-5-3-4-6-14(12)18-10-19-16/h3-10H,2,17H2,1H3. The van der Waals surface area contributed by atoms with Gasteiger partial charge >= 0.3 is 0 Å². The zero-order valence-corrected chi connectivity index (χ0v) is 12.4. The van der Waals surface area contributed by atoms with Crippen molar-refractivity contribution >= 4 is 28.4 Å². The average molecular weight is 297 g/mol. The molecule has 0 unspecified atom stereocenters. The molecule has 0 saturated carbocycles. The number of hydrogen-bond donors (Lipinski definition) is 1. The van der Waals surface area contributed by atoms with Crippen LogP contribution in [0.1, 0.15) is 6.92 Å². The number of anilines is 1. The van der Waals surface area contributed by atoms with Gasteiger partial charge in [0, 0.05) is 10.3 Å². The molecule has 0 aliphatic carbocycles. The molecule has 0 amide bonds. The van der Waals surface area contributed by atoms with Gasteiger partial charge in [-0.2, -0.15) is 0 Å². The van der Waals surface area contributed by atoms with Crippen LogP contribution in [0, 0.1) is 0 Å². The number of nitrogens with two attached hydrogens (primary N) is 1. The van der Waals surface area contributed by atoms with Crippen molar-refractivity contribution in [3.05, 3.63) is 48.8 Å². The minimum atomic E-state index is 0.592. The van der Waals surface area contributed by atoms with E-state index < -0.39 is 0 Å². The van der Waals surface area contributed by atoms with Crippen LogP contribution in [-0.2, 0) is 0 Å². The van der Waals surface area contributed by atoms with Crippen molar-refractivity contribution in [3.8, 4) is 5.75 Å². The molecule has 21 heavy (non-hydrogen) atoms.